The predicted molar refractivity (Wildman–Crippen MR) is 77.9 cm³/mol. The number of anilines is 1. The number of halogens is 2. The van der Waals surface area contributed by atoms with Crippen LogP contribution in [0.4, 0.5) is 19.3 Å². The number of urea groups is 1. The summed E-state index contributed by atoms with van der Waals surface area (Å²) in [4.78, 5) is 22.6. The molecule has 0 aliphatic heterocycles. The monoisotopic (exact) mass is 318 g/mol. The first-order valence-corrected chi connectivity index (χ1v) is 7.50. The number of hydrogen-bond donors (Lipinski definition) is 3. The molecule has 21 heavy (non-hydrogen) atoms. The average molecular weight is 318 g/mol. The van der Waals surface area contributed by atoms with Crippen molar-refractivity contribution in [2.24, 2.45) is 5.92 Å². The summed E-state index contributed by atoms with van der Waals surface area (Å²) in [5.41, 5.74) is -0.808. The standard InChI is InChI=1S/C13H16F2N2O3S/c1-7(6-21-2)5-16-13(20)17-11-4-10(15)9(14)3-8(11)12(18)19/h3-4,7H,5-6H2,1-2H3,(H,18,19)(H2,16,17,20). The maximum absolute atomic E-state index is 13.1. The molecule has 1 aromatic rings. The number of carbonyl (C=O) groups excluding carboxylic acids is 1. The molecule has 0 bridgehead atoms. The highest BCUT2D eigenvalue weighted by Gasteiger charge is 2.17. The van der Waals surface area contributed by atoms with Crippen molar-refractivity contribution < 1.29 is 23.5 Å². The predicted octanol–water partition coefficient (Wildman–Crippen LogP) is 2.78. The smallest absolute Gasteiger partial charge is 0.337 e. The summed E-state index contributed by atoms with van der Waals surface area (Å²) in [6.45, 7) is 2.33. The summed E-state index contributed by atoms with van der Waals surface area (Å²) < 4.78 is 26.2. The van der Waals surface area contributed by atoms with E-state index in [-0.39, 0.29) is 11.6 Å². The molecule has 0 spiro atoms. The van der Waals surface area contributed by atoms with Gasteiger partial charge < -0.3 is 15.7 Å². The Bertz CT molecular complexity index is 540. The van der Waals surface area contributed by atoms with Gasteiger partial charge in [-0.2, -0.15) is 11.8 Å². The summed E-state index contributed by atoms with van der Waals surface area (Å²) in [7, 11) is 0. The van der Waals surface area contributed by atoms with E-state index in [4.69, 9.17) is 5.11 Å². The molecular weight excluding hydrogens is 302 g/mol. The highest BCUT2D eigenvalue weighted by molar-refractivity contribution is 7.98. The van der Waals surface area contributed by atoms with Crippen LogP contribution in [0.2, 0.25) is 0 Å². The third kappa shape index (κ3) is 5.22. The van der Waals surface area contributed by atoms with Gasteiger partial charge in [0.05, 0.1) is 11.3 Å². The minimum atomic E-state index is -1.46. The number of hydrogen-bond acceptors (Lipinski definition) is 3. The Morgan fingerprint density at radius 1 is 1.33 bits per heavy atom. The molecule has 1 aromatic carbocycles. The van der Waals surface area contributed by atoms with Gasteiger partial charge in [-0.15, -0.1) is 0 Å². The van der Waals surface area contributed by atoms with Gasteiger partial charge >= 0.3 is 12.0 Å². The molecule has 0 saturated carbocycles. The van der Waals surface area contributed by atoms with Crippen LogP contribution in [0.15, 0.2) is 12.1 Å². The van der Waals surface area contributed by atoms with Crippen molar-refractivity contribution in [2.45, 2.75) is 6.92 Å². The van der Waals surface area contributed by atoms with Crippen molar-refractivity contribution in [1.29, 1.82) is 0 Å². The minimum Gasteiger partial charge on any atom is -0.478 e. The molecule has 5 nitrogen and oxygen atoms in total. The van der Waals surface area contributed by atoms with E-state index in [0.29, 0.717) is 18.7 Å². The van der Waals surface area contributed by atoms with Crippen molar-refractivity contribution in [2.75, 3.05) is 23.9 Å². The van der Waals surface area contributed by atoms with Gasteiger partial charge in [0.1, 0.15) is 0 Å². The normalized spacial score (nSPS) is 11.8. The van der Waals surface area contributed by atoms with Gasteiger partial charge in [-0.25, -0.2) is 18.4 Å². The minimum absolute atomic E-state index is 0.231. The number of carboxylic acid groups (broad SMARTS) is 1. The average Bonchev–Trinajstić information content (AvgIpc) is 2.40. The molecule has 2 amide bonds. The number of nitrogens with one attached hydrogen (secondary N) is 2. The summed E-state index contributed by atoms with van der Waals surface area (Å²) in [6.07, 6.45) is 1.94. The number of amides is 2. The van der Waals surface area contributed by atoms with Gasteiger partial charge in [0.2, 0.25) is 0 Å². The second-order valence-corrected chi connectivity index (χ2v) is 5.42. The zero-order chi connectivity index (χ0) is 16.0. The van der Waals surface area contributed by atoms with E-state index in [1.54, 1.807) is 11.8 Å². The van der Waals surface area contributed by atoms with E-state index >= 15 is 0 Å². The number of rotatable bonds is 6. The topological polar surface area (TPSA) is 78.4 Å². The Morgan fingerprint density at radius 3 is 2.52 bits per heavy atom. The number of carbonyl (C=O) groups is 2. The number of aromatic carboxylic acids is 1. The number of thioether (sulfide) groups is 1. The molecule has 8 heteroatoms. The maximum atomic E-state index is 13.1. The molecule has 0 radical (unpaired) electrons. The van der Waals surface area contributed by atoms with Crippen molar-refractivity contribution in [3.63, 3.8) is 0 Å². The molecule has 1 rings (SSSR count). The van der Waals surface area contributed by atoms with Gasteiger partial charge in [-0.1, -0.05) is 6.92 Å². The van der Waals surface area contributed by atoms with Crippen LogP contribution in [0.5, 0.6) is 0 Å². The first-order valence-electron chi connectivity index (χ1n) is 6.11. The number of carboxylic acids is 1. The second kappa shape index (κ2) is 7.82. The van der Waals surface area contributed by atoms with Crippen LogP contribution >= 0.6 is 11.8 Å². The Hall–Kier alpha value is -1.83. The quantitative estimate of drug-likeness (QED) is 0.753. The SMILES string of the molecule is CSCC(C)CNC(=O)Nc1cc(F)c(F)cc1C(=O)O. The highest BCUT2D eigenvalue weighted by atomic mass is 32.2. The molecule has 1 unspecified atom stereocenters. The fourth-order valence-corrected chi connectivity index (χ4v) is 2.29. The van der Waals surface area contributed by atoms with Gasteiger partial charge in [0.15, 0.2) is 11.6 Å². The Labute approximate surface area is 125 Å². The molecule has 0 aliphatic rings. The molecule has 0 heterocycles. The largest absolute Gasteiger partial charge is 0.478 e. The van der Waals surface area contributed by atoms with E-state index < -0.39 is 29.2 Å². The first kappa shape index (κ1) is 17.2. The van der Waals surface area contributed by atoms with Crippen molar-refractivity contribution in [3.8, 4) is 0 Å². The summed E-state index contributed by atoms with van der Waals surface area (Å²) in [5, 5.41) is 13.7. The molecule has 0 saturated heterocycles. The zero-order valence-electron chi connectivity index (χ0n) is 11.6. The third-order valence-corrected chi connectivity index (χ3v) is 3.50. The van der Waals surface area contributed by atoms with E-state index in [9.17, 15) is 18.4 Å². The van der Waals surface area contributed by atoms with E-state index in [2.05, 4.69) is 10.6 Å². The fraction of sp³-hybridized carbons (Fsp3) is 0.385. The lowest BCUT2D eigenvalue weighted by atomic mass is 10.1. The fourth-order valence-electron chi connectivity index (χ4n) is 1.60. The van der Waals surface area contributed by atoms with E-state index in [0.717, 1.165) is 5.75 Å². The van der Waals surface area contributed by atoms with Crippen LogP contribution in [0.1, 0.15) is 17.3 Å². The molecule has 116 valence electrons. The Morgan fingerprint density at radius 2 is 1.95 bits per heavy atom. The van der Waals surface area contributed by atoms with Crippen LogP contribution in [-0.4, -0.2) is 35.7 Å². The summed E-state index contributed by atoms with van der Waals surface area (Å²) in [6, 6.07) is 0.504. The molecular formula is C13H16F2N2O3S. The third-order valence-electron chi connectivity index (χ3n) is 2.60. The molecule has 0 aromatic heterocycles. The van der Waals surface area contributed by atoms with Crippen LogP contribution in [-0.2, 0) is 0 Å². The van der Waals surface area contributed by atoms with E-state index in [1.807, 2.05) is 13.2 Å². The lowest BCUT2D eigenvalue weighted by Crippen LogP contribution is -2.33. The molecule has 1 atom stereocenters. The maximum Gasteiger partial charge on any atom is 0.337 e. The highest BCUT2D eigenvalue weighted by Crippen LogP contribution is 2.20. The van der Waals surface area contributed by atoms with Gasteiger partial charge in [0.25, 0.3) is 0 Å². The molecule has 0 fully saturated rings. The van der Waals surface area contributed by atoms with Crippen LogP contribution in [0.3, 0.4) is 0 Å². The second-order valence-electron chi connectivity index (χ2n) is 4.51. The van der Waals surface area contributed by atoms with Crippen LogP contribution < -0.4 is 10.6 Å². The Kier molecular flexibility index (Phi) is 6.41. The zero-order valence-corrected chi connectivity index (χ0v) is 12.4. The van der Waals surface area contributed by atoms with Crippen LogP contribution in [0.25, 0.3) is 0 Å². The van der Waals surface area contributed by atoms with Crippen molar-refractivity contribution in [3.05, 3.63) is 29.3 Å². The molecule has 3 N–H and O–H groups in total. The lowest BCUT2D eigenvalue weighted by molar-refractivity contribution is 0.0697. The lowest BCUT2D eigenvalue weighted by Gasteiger charge is -2.13. The van der Waals surface area contributed by atoms with Crippen LogP contribution in [0, 0.1) is 17.6 Å². The van der Waals surface area contributed by atoms with Crippen molar-refractivity contribution >= 4 is 29.4 Å². The van der Waals surface area contributed by atoms with Gasteiger partial charge in [-0.05, 0) is 24.0 Å². The first-order chi connectivity index (χ1) is 9.85. The molecule has 0 aliphatic carbocycles. The van der Waals surface area contributed by atoms with Crippen molar-refractivity contribution in [1.82, 2.24) is 5.32 Å². The Balaban J connectivity index is 2.76. The van der Waals surface area contributed by atoms with Gasteiger partial charge in [-0.3, -0.25) is 0 Å². The summed E-state index contributed by atoms with van der Waals surface area (Å²) in [5.74, 6) is -2.89. The summed E-state index contributed by atoms with van der Waals surface area (Å²) >= 11 is 1.63. The van der Waals surface area contributed by atoms with Gasteiger partial charge in [0, 0.05) is 12.6 Å². The van der Waals surface area contributed by atoms with E-state index in [1.165, 1.54) is 0 Å². The number of benzene rings is 1.